The molecule has 3 N–H and O–H groups in total. The fraction of sp³-hybridized carbons (Fsp3) is 0.389. The van der Waals surface area contributed by atoms with Crippen LogP contribution in [0.3, 0.4) is 0 Å². The van der Waals surface area contributed by atoms with Gasteiger partial charge in [-0.15, -0.1) is 5.10 Å². The topological polar surface area (TPSA) is 90.9 Å². The first-order chi connectivity index (χ1) is 12.9. The van der Waals surface area contributed by atoms with E-state index in [9.17, 15) is 8.78 Å². The van der Waals surface area contributed by atoms with Crippen molar-refractivity contribution in [2.45, 2.75) is 25.8 Å². The fourth-order valence-corrected chi connectivity index (χ4v) is 3.31. The highest BCUT2D eigenvalue weighted by molar-refractivity contribution is 5.90. The normalized spacial score (nSPS) is 19.3. The lowest BCUT2D eigenvalue weighted by Crippen LogP contribution is -2.47. The average molecular weight is 374 g/mol. The SMILES string of the molecule is Cc1cccc(Oc2nn(CC3CCNCC3(F)F)c3ncnc(N)c23)c1. The van der Waals surface area contributed by atoms with Gasteiger partial charge < -0.3 is 15.8 Å². The number of alkyl halides is 2. The number of nitrogens with two attached hydrogens (primary N) is 1. The molecule has 1 fully saturated rings. The van der Waals surface area contributed by atoms with E-state index in [0.29, 0.717) is 29.7 Å². The summed E-state index contributed by atoms with van der Waals surface area (Å²) >= 11 is 0. The molecule has 0 radical (unpaired) electrons. The summed E-state index contributed by atoms with van der Waals surface area (Å²) in [6.07, 6.45) is 1.65. The number of nitrogen functional groups attached to an aromatic ring is 1. The van der Waals surface area contributed by atoms with Crippen molar-refractivity contribution in [3.63, 3.8) is 0 Å². The number of hydrogen-bond acceptors (Lipinski definition) is 6. The number of aryl methyl sites for hydroxylation is 1. The van der Waals surface area contributed by atoms with Gasteiger partial charge in [-0.05, 0) is 37.6 Å². The van der Waals surface area contributed by atoms with Crippen molar-refractivity contribution in [3.05, 3.63) is 36.2 Å². The molecule has 7 nitrogen and oxygen atoms in total. The quantitative estimate of drug-likeness (QED) is 0.730. The third-order valence-corrected chi connectivity index (χ3v) is 4.75. The number of nitrogens with one attached hydrogen (secondary N) is 1. The Kier molecular flexibility index (Phi) is 4.39. The Bertz CT molecular complexity index is 974. The van der Waals surface area contributed by atoms with Crippen molar-refractivity contribution in [3.8, 4) is 11.6 Å². The van der Waals surface area contributed by atoms with Crippen LogP contribution in [-0.4, -0.2) is 38.8 Å². The van der Waals surface area contributed by atoms with Gasteiger partial charge in [-0.3, -0.25) is 0 Å². The first kappa shape index (κ1) is 17.6. The Morgan fingerprint density at radius 3 is 3.00 bits per heavy atom. The Morgan fingerprint density at radius 1 is 1.37 bits per heavy atom. The summed E-state index contributed by atoms with van der Waals surface area (Å²) in [5.41, 5.74) is 7.41. The Hall–Kier alpha value is -2.81. The van der Waals surface area contributed by atoms with Crippen LogP contribution in [0.25, 0.3) is 11.0 Å². The molecule has 3 heterocycles. The molecule has 4 rings (SSSR count). The lowest BCUT2D eigenvalue weighted by molar-refractivity contribution is -0.0795. The van der Waals surface area contributed by atoms with Gasteiger partial charge in [0.25, 0.3) is 11.8 Å². The molecular formula is C18H20F2N6O. The average Bonchev–Trinajstić information content (AvgIpc) is 2.95. The molecular weight excluding hydrogens is 354 g/mol. The first-order valence-corrected chi connectivity index (χ1v) is 8.74. The van der Waals surface area contributed by atoms with Crippen LogP contribution in [-0.2, 0) is 6.54 Å². The number of anilines is 1. The van der Waals surface area contributed by atoms with Gasteiger partial charge in [0.2, 0.25) is 0 Å². The Morgan fingerprint density at radius 2 is 2.22 bits per heavy atom. The Labute approximate surface area is 154 Å². The zero-order valence-corrected chi connectivity index (χ0v) is 14.8. The Balaban J connectivity index is 1.72. The summed E-state index contributed by atoms with van der Waals surface area (Å²) in [4.78, 5) is 8.19. The highest BCUT2D eigenvalue weighted by Crippen LogP contribution is 2.35. The smallest absolute Gasteiger partial charge is 0.264 e. The van der Waals surface area contributed by atoms with Crippen molar-refractivity contribution in [2.75, 3.05) is 18.8 Å². The predicted molar refractivity (Wildman–Crippen MR) is 96.9 cm³/mol. The van der Waals surface area contributed by atoms with Crippen LogP contribution in [0.15, 0.2) is 30.6 Å². The number of fused-ring (bicyclic) bond motifs is 1. The van der Waals surface area contributed by atoms with Gasteiger partial charge in [-0.2, -0.15) is 0 Å². The summed E-state index contributed by atoms with van der Waals surface area (Å²) in [7, 11) is 0. The second-order valence-electron chi connectivity index (χ2n) is 6.79. The van der Waals surface area contributed by atoms with E-state index in [1.807, 2.05) is 25.1 Å². The number of rotatable bonds is 4. The maximum Gasteiger partial charge on any atom is 0.264 e. The van der Waals surface area contributed by atoms with Gasteiger partial charge in [0.05, 0.1) is 13.1 Å². The largest absolute Gasteiger partial charge is 0.437 e. The van der Waals surface area contributed by atoms with Crippen molar-refractivity contribution < 1.29 is 13.5 Å². The number of ether oxygens (including phenoxy) is 1. The van der Waals surface area contributed by atoms with E-state index in [1.165, 1.54) is 11.0 Å². The molecule has 2 aromatic heterocycles. The van der Waals surface area contributed by atoms with Gasteiger partial charge >= 0.3 is 0 Å². The molecule has 27 heavy (non-hydrogen) atoms. The first-order valence-electron chi connectivity index (χ1n) is 8.74. The molecule has 9 heteroatoms. The number of benzene rings is 1. The molecule has 0 amide bonds. The number of hydrogen-bond donors (Lipinski definition) is 2. The molecule has 1 aliphatic heterocycles. The van der Waals surface area contributed by atoms with Crippen molar-refractivity contribution in [1.29, 1.82) is 0 Å². The molecule has 1 aromatic carbocycles. The van der Waals surface area contributed by atoms with E-state index in [1.54, 1.807) is 6.07 Å². The van der Waals surface area contributed by atoms with Gasteiger partial charge in [0.15, 0.2) is 5.65 Å². The summed E-state index contributed by atoms with van der Waals surface area (Å²) < 4.78 is 35.8. The number of halogens is 2. The third kappa shape index (κ3) is 3.42. The van der Waals surface area contributed by atoms with Crippen molar-refractivity contribution in [1.82, 2.24) is 25.1 Å². The van der Waals surface area contributed by atoms with Gasteiger partial charge in [-0.1, -0.05) is 12.1 Å². The van der Waals surface area contributed by atoms with Gasteiger partial charge in [0.1, 0.15) is 23.3 Å². The summed E-state index contributed by atoms with van der Waals surface area (Å²) in [6, 6.07) is 7.45. The summed E-state index contributed by atoms with van der Waals surface area (Å²) in [6.45, 7) is 2.18. The van der Waals surface area contributed by atoms with Gasteiger partial charge in [-0.25, -0.2) is 23.4 Å². The minimum Gasteiger partial charge on any atom is -0.437 e. The molecule has 1 aliphatic rings. The van der Waals surface area contributed by atoms with Crippen LogP contribution in [0.5, 0.6) is 11.6 Å². The van der Waals surface area contributed by atoms with E-state index < -0.39 is 11.8 Å². The maximum absolute atomic E-state index is 14.2. The van der Waals surface area contributed by atoms with Crippen LogP contribution >= 0.6 is 0 Å². The highest BCUT2D eigenvalue weighted by Gasteiger charge is 2.42. The molecule has 3 aromatic rings. The monoisotopic (exact) mass is 374 g/mol. The maximum atomic E-state index is 14.2. The second kappa shape index (κ2) is 6.73. The standard InChI is InChI=1S/C18H20F2N6O/c1-11-3-2-4-13(7-11)27-17-14-15(21)23-10-24-16(14)26(25-17)8-12-5-6-22-9-18(12,19)20/h2-4,7,10,12,22H,5-6,8-9H2,1H3,(H2,21,23,24). The zero-order valence-electron chi connectivity index (χ0n) is 14.8. The third-order valence-electron chi connectivity index (χ3n) is 4.75. The molecule has 1 atom stereocenters. The van der Waals surface area contributed by atoms with Gasteiger partial charge in [0, 0.05) is 5.92 Å². The molecule has 0 bridgehead atoms. The molecule has 0 aliphatic carbocycles. The zero-order chi connectivity index (χ0) is 19.0. The lowest BCUT2D eigenvalue weighted by Gasteiger charge is -2.31. The van der Waals surface area contributed by atoms with E-state index in [-0.39, 0.29) is 24.8 Å². The summed E-state index contributed by atoms with van der Waals surface area (Å²) in [5, 5.41) is 7.55. The number of aromatic nitrogens is 4. The molecule has 0 spiro atoms. The van der Waals surface area contributed by atoms with E-state index in [2.05, 4.69) is 20.4 Å². The van der Waals surface area contributed by atoms with Crippen LogP contribution < -0.4 is 15.8 Å². The number of piperidine rings is 1. The predicted octanol–water partition coefficient (Wildman–Crippen LogP) is 2.75. The molecule has 1 saturated heterocycles. The second-order valence-corrected chi connectivity index (χ2v) is 6.79. The highest BCUT2D eigenvalue weighted by atomic mass is 19.3. The van der Waals surface area contributed by atoms with Crippen LogP contribution in [0.4, 0.5) is 14.6 Å². The number of nitrogens with zero attached hydrogens (tertiary/aromatic N) is 4. The van der Waals surface area contributed by atoms with Crippen LogP contribution in [0.2, 0.25) is 0 Å². The van der Waals surface area contributed by atoms with E-state index >= 15 is 0 Å². The van der Waals surface area contributed by atoms with E-state index in [4.69, 9.17) is 10.5 Å². The summed E-state index contributed by atoms with van der Waals surface area (Å²) in [5.74, 6) is -2.66. The van der Waals surface area contributed by atoms with Crippen LogP contribution in [0, 0.1) is 12.8 Å². The van der Waals surface area contributed by atoms with E-state index in [0.717, 1.165) is 5.56 Å². The van der Waals surface area contributed by atoms with Crippen LogP contribution in [0.1, 0.15) is 12.0 Å². The minimum atomic E-state index is -2.81. The van der Waals surface area contributed by atoms with Crippen molar-refractivity contribution >= 4 is 16.9 Å². The molecule has 1 unspecified atom stereocenters. The van der Waals surface area contributed by atoms with Crippen molar-refractivity contribution in [2.24, 2.45) is 5.92 Å². The lowest BCUT2D eigenvalue weighted by atomic mass is 9.94. The molecule has 142 valence electrons. The minimum absolute atomic E-state index is 0.0266. The molecule has 0 saturated carbocycles. The fourth-order valence-electron chi connectivity index (χ4n) is 3.31.